The summed E-state index contributed by atoms with van der Waals surface area (Å²) in [6.07, 6.45) is 0.380. The predicted molar refractivity (Wildman–Crippen MR) is 63.2 cm³/mol. The fourth-order valence-electron chi connectivity index (χ4n) is 1.11. The van der Waals surface area contributed by atoms with Gasteiger partial charge in [0.1, 0.15) is 0 Å². The van der Waals surface area contributed by atoms with Crippen LogP contribution in [0.2, 0.25) is 0 Å². The molecule has 0 fully saturated rings. The lowest BCUT2D eigenvalue weighted by molar-refractivity contribution is -0.143. The molecule has 0 unspecified atom stereocenters. The highest BCUT2D eigenvalue weighted by Crippen LogP contribution is 2.20. The van der Waals surface area contributed by atoms with Gasteiger partial charge in [0.15, 0.2) is 5.12 Å². The number of esters is 1. The smallest absolute Gasteiger partial charge is 0.306 e. The largest absolute Gasteiger partial charge is 0.466 e. The first kappa shape index (κ1) is 12.8. The zero-order valence-electron chi connectivity index (χ0n) is 9.14. The molecule has 1 aromatic carbocycles. The third-order valence-corrected chi connectivity index (χ3v) is 2.75. The van der Waals surface area contributed by atoms with Crippen molar-refractivity contribution < 1.29 is 14.3 Å². The van der Waals surface area contributed by atoms with E-state index in [1.54, 1.807) is 6.92 Å². The number of carbonyl (C=O) groups excluding carboxylic acids is 2. The molecule has 1 rings (SSSR count). The van der Waals surface area contributed by atoms with Gasteiger partial charge in [0.2, 0.25) is 0 Å². The topological polar surface area (TPSA) is 43.4 Å². The van der Waals surface area contributed by atoms with Crippen LogP contribution in [0.25, 0.3) is 0 Å². The van der Waals surface area contributed by atoms with E-state index >= 15 is 0 Å². The zero-order chi connectivity index (χ0) is 11.8. The van der Waals surface area contributed by atoms with Crippen LogP contribution in [0.3, 0.4) is 0 Å². The lowest BCUT2D eigenvalue weighted by Gasteiger charge is -2.01. The van der Waals surface area contributed by atoms with Crippen LogP contribution in [0, 0.1) is 0 Å². The van der Waals surface area contributed by atoms with Crippen LogP contribution in [-0.2, 0) is 14.3 Å². The number of hydrogen-bond donors (Lipinski definition) is 0. The van der Waals surface area contributed by atoms with Crippen molar-refractivity contribution in [1.29, 1.82) is 0 Å². The second-order valence-corrected chi connectivity index (χ2v) is 4.22. The van der Waals surface area contributed by atoms with E-state index < -0.39 is 0 Å². The molecule has 0 bridgehead atoms. The molecular formula is C12H14O3S. The van der Waals surface area contributed by atoms with E-state index in [0.29, 0.717) is 6.61 Å². The molecule has 0 heterocycles. The van der Waals surface area contributed by atoms with Crippen LogP contribution in [0.1, 0.15) is 19.8 Å². The summed E-state index contributed by atoms with van der Waals surface area (Å²) in [5.41, 5.74) is 0. The van der Waals surface area contributed by atoms with Gasteiger partial charge in [-0.3, -0.25) is 9.59 Å². The van der Waals surface area contributed by atoms with E-state index in [1.165, 1.54) is 0 Å². The maximum atomic E-state index is 11.5. The minimum atomic E-state index is -0.315. The molecule has 1 aromatic rings. The monoisotopic (exact) mass is 238 g/mol. The fraction of sp³-hybridized carbons (Fsp3) is 0.333. The van der Waals surface area contributed by atoms with Crippen LogP contribution < -0.4 is 0 Å². The van der Waals surface area contributed by atoms with Gasteiger partial charge in [0.05, 0.1) is 13.0 Å². The maximum Gasteiger partial charge on any atom is 0.306 e. The van der Waals surface area contributed by atoms with E-state index in [0.717, 1.165) is 16.7 Å². The standard InChI is InChI=1S/C12H14O3S/c1-2-15-11(13)8-9-12(14)16-10-6-4-3-5-7-10/h3-7H,2,8-9H2,1H3. The maximum absolute atomic E-state index is 11.5. The average molecular weight is 238 g/mol. The first-order valence-electron chi connectivity index (χ1n) is 5.13. The molecule has 4 heteroatoms. The molecule has 0 saturated carbocycles. The highest BCUT2D eigenvalue weighted by molar-refractivity contribution is 8.13. The van der Waals surface area contributed by atoms with E-state index in [1.807, 2.05) is 30.3 Å². The molecule has 0 aliphatic rings. The second kappa shape index (κ2) is 7.06. The van der Waals surface area contributed by atoms with E-state index in [2.05, 4.69) is 0 Å². The van der Waals surface area contributed by atoms with Gasteiger partial charge in [0, 0.05) is 11.3 Å². The molecule has 3 nitrogen and oxygen atoms in total. The Balaban J connectivity index is 2.29. The third-order valence-electron chi connectivity index (χ3n) is 1.81. The Kier molecular flexibility index (Phi) is 5.64. The third kappa shape index (κ3) is 4.98. The van der Waals surface area contributed by atoms with Crippen molar-refractivity contribution in [2.45, 2.75) is 24.7 Å². The van der Waals surface area contributed by atoms with Crippen molar-refractivity contribution in [2.24, 2.45) is 0 Å². The van der Waals surface area contributed by atoms with Crippen molar-refractivity contribution in [3.05, 3.63) is 30.3 Å². The normalized spacial score (nSPS) is 9.81. The molecule has 0 saturated heterocycles. The van der Waals surface area contributed by atoms with Gasteiger partial charge in [-0.05, 0) is 19.1 Å². The van der Waals surface area contributed by atoms with Crippen molar-refractivity contribution in [3.63, 3.8) is 0 Å². The number of benzene rings is 1. The summed E-state index contributed by atoms with van der Waals surface area (Å²) in [6.45, 7) is 2.11. The molecule has 0 spiro atoms. The average Bonchev–Trinajstić information content (AvgIpc) is 2.28. The van der Waals surface area contributed by atoms with Crippen LogP contribution in [0.5, 0.6) is 0 Å². The van der Waals surface area contributed by atoms with Gasteiger partial charge in [-0.1, -0.05) is 30.0 Å². The zero-order valence-corrected chi connectivity index (χ0v) is 9.96. The summed E-state index contributed by atoms with van der Waals surface area (Å²) in [6, 6.07) is 9.38. The van der Waals surface area contributed by atoms with Gasteiger partial charge in [0.25, 0.3) is 0 Å². The van der Waals surface area contributed by atoms with Crippen LogP contribution >= 0.6 is 11.8 Å². The van der Waals surface area contributed by atoms with E-state index in [4.69, 9.17) is 4.74 Å². The van der Waals surface area contributed by atoms with E-state index in [-0.39, 0.29) is 23.9 Å². The fourth-order valence-corrected chi connectivity index (χ4v) is 1.87. The molecule has 0 N–H and O–H groups in total. The number of thioether (sulfide) groups is 1. The number of hydrogen-bond acceptors (Lipinski definition) is 4. The molecule has 0 aliphatic carbocycles. The van der Waals surface area contributed by atoms with Gasteiger partial charge >= 0.3 is 5.97 Å². The Hall–Kier alpha value is -1.29. The molecule has 0 amide bonds. The summed E-state index contributed by atoms with van der Waals surface area (Å²) in [4.78, 5) is 23.4. The summed E-state index contributed by atoms with van der Waals surface area (Å²) in [5, 5.41) is -0.0146. The Morgan fingerprint density at radius 3 is 2.50 bits per heavy atom. The van der Waals surface area contributed by atoms with Crippen molar-refractivity contribution in [1.82, 2.24) is 0 Å². The first-order valence-corrected chi connectivity index (χ1v) is 5.95. The van der Waals surface area contributed by atoms with Crippen molar-refractivity contribution >= 4 is 22.8 Å². The van der Waals surface area contributed by atoms with E-state index in [9.17, 15) is 9.59 Å². The molecule has 86 valence electrons. The number of carbonyl (C=O) groups is 2. The van der Waals surface area contributed by atoms with Crippen LogP contribution in [-0.4, -0.2) is 17.7 Å². The minimum absolute atomic E-state index is 0.0146. The lowest BCUT2D eigenvalue weighted by Crippen LogP contribution is -2.05. The highest BCUT2D eigenvalue weighted by Gasteiger charge is 2.08. The minimum Gasteiger partial charge on any atom is -0.466 e. The van der Waals surface area contributed by atoms with Crippen molar-refractivity contribution in [2.75, 3.05) is 6.61 Å². The first-order chi connectivity index (χ1) is 7.72. The lowest BCUT2D eigenvalue weighted by atomic mass is 10.3. The Bertz CT molecular complexity index is 349. The van der Waals surface area contributed by atoms with Crippen LogP contribution in [0.4, 0.5) is 0 Å². The predicted octanol–water partition coefficient (Wildman–Crippen LogP) is 2.65. The molecule has 0 radical (unpaired) electrons. The van der Waals surface area contributed by atoms with Gasteiger partial charge < -0.3 is 4.74 Å². The van der Waals surface area contributed by atoms with Gasteiger partial charge in [-0.15, -0.1) is 0 Å². The Morgan fingerprint density at radius 1 is 1.19 bits per heavy atom. The van der Waals surface area contributed by atoms with Crippen LogP contribution in [0.15, 0.2) is 35.2 Å². The molecule has 0 aromatic heterocycles. The summed E-state index contributed by atoms with van der Waals surface area (Å²) in [5.74, 6) is -0.315. The number of rotatable bonds is 5. The molecule has 0 atom stereocenters. The molecule has 0 aliphatic heterocycles. The Morgan fingerprint density at radius 2 is 1.88 bits per heavy atom. The highest BCUT2D eigenvalue weighted by atomic mass is 32.2. The van der Waals surface area contributed by atoms with Gasteiger partial charge in [-0.2, -0.15) is 0 Å². The number of ether oxygens (including phenoxy) is 1. The quantitative estimate of drug-likeness (QED) is 0.584. The summed E-state index contributed by atoms with van der Waals surface area (Å²) < 4.78 is 4.74. The SMILES string of the molecule is CCOC(=O)CCC(=O)Sc1ccccc1. The Labute approximate surface area is 99.2 Å². The second-order valence-electron chi connectivity index (χ2n) is 3.09. The van der Waals surface area contributed by atoms with Gasteiger partial charge in [-0.25, -0.2) is 0 Å². The summed E-state index contributed by atoms with van der Waals surface area (Å²) in [7, 11) is 0. The molecular weight excluding hydrogens is 224 g/mol. The molecule has 16 heavy (non-hydrogen) atoms. The summed E-state index contributed by atoms with van der Waals surface area (Å²) >= 11 is 1.16. The van der Waals surface area contributed by atoms with Crippen molar-refractivity contribution in [3.8, 4) is 0 Å².